The molecule has 0 bridgehead atoms. The fraction of sp³-hybridized carbons (Fsp3) is 0.214. The van der Waals surface area contributed by atoms with Crippen molar-refractivity contribution in [1.29, 1.82) is 0 Å². The maximum absolute atomic E-state index is 12.2. The first-order valence-corrected chi connectivity index (χ1v) is 7.04. The molecule has 0 aliphatic rings. The van der Waals surface area contributed by atoms with Gasteiger partial charge in [-0.3, -0.25) is 4.98 Å². The molecule has 0 spiro atoms. The number of hydrogen-bond donors (Lipinski definition) is 1. The van der Waals surface area contributed by atoms with Crippen molar-refractivity contribution < 1.29 is 4.21 Å². The standard InChI is InChI=1S/C14H16N2OS/c1-3-12-7-4-6-11(2)14(12)16-18(17)13-8-5-9-15-10-13/h4-10,16H,3H2,1-2H3. The summed E-state index contributed by atoms with van der Waals surface area (Å²) in [6, 6.07) is 9.68. The average Bonchev–Trinajstić information content (AvgIpc) is 2.42. The monoisotopic (exact) mass is 260 g/mol. The van der Waals surface area contributed by atoms with E-state index in [1.54, 1.807) is 24.5 Å². The van der Waals surface area contributed by atoms with Gasteiger partial charge in [0.15, 0.2) is 11.0 Å². The van der Waals surface area contributed by atoms with Gasteiger partial charge in [0.25, 0.3) is 0 Å². The van der Waals surface area contributed by atoms with Crippen LogP contribution in [-0.4, -0.2) is 9.19 Å². The number of nitrogens with one attached hydrogen (secondary N) is 1. The molecular formula is C14H16N2OS. The minimum atomic E-state index is -1.27. The fourth-order valence-corrected chi connectivity index (χ4v) is 2.73. The summed E-state index contributed by atoms with van der Waals surface area (Å²) in [5.41, 5.74) is 3.24. The Hall–Kier alpha value is -1.68. The summed E-state index contributed by atoms with van der Waals surface area (Å²) < 4.78 is 15.3. The molecule has 94 valence electrons. The third-order valence-electron chi connectivity index (χ3n) is 2.78. The molecule has 0 saturated heterocycles. The molecule has 18 heavy (non-hydrogen) atoms. The smallest absolute Gasteiger partial charge is 0.151 e. The van der Waals surface area contributed by atoms with Gasteiger partial charge in [-0.1, -0.05) is 25.1 Å². The summed E-state index contributed by atoms with van der Waals surface area (Å²) >= 11 is 0. The molecule has 0 aliphatic heterocycles. The highest BCUT2D eigenvalue weighted by Gasteiger charge is 2.09. The minimum Gasteiger partial charge on any atom is -0.301 e. The van der Waals surface area contributed by atoms with Crippen molar-refractivity contribution in [3.05, 3.63) is 53.9 Å². The largest absolute Gasteiger partial charge is 0.301 e. The summed E-state index contributed by atoms with van der Waals surface area (Å²) in [7, 11) is -1.27. The Morgan fingerprint density at radius 2 is 2.11 bits per heavy atom. The summed E-state index contributed by atoms with van der Waals surface area (Å²) in [6.07, 6.45) is 4.20. The van der Waals surface area contributed by atoms with E-state index in [4.69, 9.17) is 0 Å². The molecule has 0 saturated carbocycles. The highest BCUT2D eigenvalue weighted by molar-refractivity contribution is 7.86. The summed E-state index contributed by atoms with van der Waals surface area (Å²) in [4.78, 5) is 4.66. The highest BCUT2D eigenvalue weighted by Crippen LogP contribution is 2.22. The van der Waals surface area contributed by atoms with Crippen LogP contribution in [-0.2, 0) is 17.4 Å². The van der Waals surface area contributed by atoms with Crippen LogP contribution in [0.1, 0.15) is 18.1 Å². The quantitative estimate of drug-likeness (QED) is 0.918. The number of aryl methyl sites for hydroxylation is 2. The van der Waals surface area contributed by atoms with E-state index in [1.807, 2.05) is 19.1 Å². The van der Waals surface area contributed by atoms with Crippen LogP contribution < -0.4 is 4.72 Å². The third kappa shape index (κ3) is 2.76. The molecule has 1 heterocycles. The van der Waals surface area contributed by atoms with E-state index in [0.29, 0.717) is 4.90 Å². The van der Waals surface area contributed by atoms with Crippen molar-refractivity contribution in [1.82, 2.24) is 4.98 Å². The third-order valence-corrected chi connectivity index (χ3v) is 3.84. The topological polar surface area (TPSA) is 42.0 Å². The van der Waals surface area contributed by atoms with Gasteiger partial charge in [-0.25, -0.2) is 4.21 Å². The normalized spacial score (nSPS) is 12.1. The molecule has 2 aromatic rings. The predicted octanol–water partition coefficient (Wildman–Crippen LogP) is 3.09. The molecule has 4 heteroatoms. The Bertz CT molecular complexity index is 555. The second kappa shape index (κ2) is 5.78. The lowest BCUT2D eigenvalue weighted by molar-refractivity contribution is 0.686. The number of benzene rings is 1. The average molecular weight is 260 g/mol. The molecule has 0 fully saturated rings. The fourth-order valence-electron chi connectivity index (χ4n) is 1.78. The number of aromatic nitrogens is 1. The van der Waals surface area contributed by atoms with Crippen molar-refractivity contribution >= 4 is 16.7 Å². The Morgan fingerprint density at radius 1 is 1.28 bits per heavy atom. The number of hydrogen-bond acceptors (Lipinski definition) is 2. The second-order valence-corrected chi connectivity index (χ2v) is 5.24. The number of anilines is 1. The Morgan fingerprint density at radius 3 is 2.78 bits per heavy atom. The molecule has 0 aliphatic carbocycles. The van der Waals surface area contributed by atoms with Gasteiger partial charge in [0.2, 0.25) is 0 Å². The number of nitrogens with zero attached hydrogens (tertiary/aromatic N) is 1. The number of para-hydroxylation sites is 1. The number of rotatable bonds is 4. The van der Waals surface area contributed by atoms with E-state index >= 15 is 0 Å². The lowest BCUT2D eigenvalue weighted by Gasteiger charge is -2.13. The maximum atomic E-state index is 12.2. The predicted molar refractivity (Wildman–Crippen MR) is 74.8 cm³/mol. The molecule has 3 nitrogen and oxygen atoms in total. The van der Waals surface area contributed by atoms with Crippen LogP contribution in [0.25, 0.3) is 0 Å². The van der Waals surface area contributed by atoms with E-state index in [1.165, 1.54) is 5.56 Å². The van der Waals surface area contributed by atoms with Gasteiger partial charge >= 0.3 is 0 Å². The van der Waals surface area contributed by atoms with Crippen molar-refractivity contribution in [2.75, 3.05) is 4.72 Å². The molecule has 0 radical (unpaired) electrons. The van der Waals surface area contributed by atoms with Gasteiger partial charge in [-0.05, 0) is 36.6 Å². The SMILES string of the molecule is CCc1cccc(C)c1NS(=O)c1cccnc1. The molecule has 2 rings (SSSR count). The van der Waals surface area contributed by atoms with E-state index < -0.39 is 11.0 Å². The van der Waals surface area contributed by atoms with Crippen LogP contribution >= 0.6 is 0 Å². The van der Waals surface area contributed by atoms with Crippen LogP contribution in [0.2, 0.25) is 0 Å². The van der Waals surface area contributed by atoms with Crippen molar-refractivity contribution in [2.24, 2.45) is 0 Å². The van der Waals surface area contributed by atoms with E-state index in [9.17, 15) is 4.21 Å². The minimum absolute atomic E-state index is 0.683. The first-order valence-electron chi connectivity index (χ1n) is 5.89. The molecule has 1 N–H and O–H groups in total. The van der Waals surface area contributed by atoms with Gasteiger partial charge in [-0.15, -0.1) is 0 Å². The zero-order valence-corrected chi connectivity index (χ0v) is 11.3. The van der Waals surface area contributed by atoms with Crippen LogP contribution in [0.3, 0.4) is 0 Å². The first-order chi connectivity index (χ1) is 8.72. The van der Waals surface area contributed by atoms with E-state index in [0.717, 1.165) is 17.7 Å². The highest BCUT2D eigenvalue weighted by atomic mass is 32.2. The Kier molecular flexibility index (Phi) is 4.10. The zero-order chi connectivity index (χ0) is 13.0. The molecular weight excluding hydrogens is 244 g/mol. The van der Waals surface area contributed by atoms with Gasteiger partial charge in [-0.2, -0.15) is 0 Å². The maximum Gasteiger partial charge on any atom is 0.151 e. The van der Waals surface area contributed by atoms with Crippen LogP contribution in [0, 0.1) is 6.92 Å². The summed E-state index contributed by atoms with van der Waals surface area (Å²) in [6.45, 7) is 4.11. The lowest BCUT2D eigenvalue weighted by atomic mass is 10.1. The van der Waals surface area contributed by atoms with Gasteiger partial charge < -0.3 is 4.72 Å². The van der Waals surface area contributed by atoms with E-state index in [2.05, 4.69) is 22.7 Å². The Balaban J connectivity index is 2.27. The van der Waals surface area contributed by atoms with Gasteiger partial charge in [0.05, 0.1) is 10.6 Å². The zero-order valence-electron chi connectivity index (χ0n) is 10.5. The van der Waals surface area contributed by atoms with Crippen LogP contribution in [0.4, 0.5) is 5.69 Å². The van der Waals surface area contributed by atoms with Crippen molar-refractivity contribution in [3.63, 3.8) is 0 Å². The molecule has 1 atom stereocenters. The van der Waals surface area contributed by atoms with Gasteiger partial charge in [0.1, 0.15) is 0 Å². The lowest BCUT2D eigenvalue weighted by Crippen LogP contribution is -2.08. The molecule has 0 amide bonds. The molecule has 1 unspecified atom stereocenters. The summed E-state index contributed by atoms with van der Waals surface area (Å²) in [5, 5.41) is 0. The molecule has 1 aromatic carbocycles. The first kappa shape index (κ1) is 12.8. The second-order valence-electron chi connectivity index (χ2n) is 4.02. The van der Waals surface area contributed by atoms with E-state index in [-0.39, 0.29) is 0 Å². The van der Waals surface area contributed by atoms with Crippen LogP contribution in [0.5, 0.6) is 0 Å². The van der Waals surface area contributed by atoms with Crippen molar-refractivity contribution in [2.45, 2.75) is 25.2 Å². The Labute approximate surface area is 110 Å². The van der Waals surface area contributed by atoms with Crippen molar-refractivity contribution in [3.8, 4) is 0 Å². The van der Waals surface area contributed by atoms with Crippen LogP contribution in [0.15, 0.2) is 47.6 Å². The summed E-state index contributed by atoms with van der Waals surface area (Å²) in [5.74, 6) is 0. The molecule has 1 aromatic heterocycles. The van der Waals surface area contributed by atoms with Gasteiger partial charge in [0, 0.05) is 12.4 Å². The number of pyridine rings is 1.